The molecule has 9 nitrogen and oxygen atoms in total. The maximum Gasteiger partial charge on any atom is 0.330 e. The molecule has 0 unspecified atom stereocenters. The SMILES string of the molecule is CCn1c(COC(=O)[C@H]2CS[C@]3(C)CCC(=O)N23)nc2cc(S(=O)(=O)N(C)C)ccc21. The van der Waals surface area contributed by atoms with Crippen molar-refractivity contribution in [3.8, 4) is 0 Å². The molecular formula is C20H26N4O5S2. The quantitative estimate of drug-likeness (QED) is 0.598. The number of imidazole rings is 1. The van der Waals surface area contributed by atoms with E-state index in [0.717, 1.165) is 16.2 Å². The number of rotatable bonds is 6. The van der Waals surface area contributed by atoms with E-state index < -0.39 is 22.0 Å². The van der Waals surface area contributed by atoms with E-state index in [4.69, 9.17) is 4.74 Å². The molecule has 31 heavy (non-hydrogen) atoms. The van der Waals surface area contributed by atoms with E-state index in [-0.39, 0.29) is 22.3 Å². The summed E-state index contributed by atoms with van der Waals surface area (Å²) in [6, 6.07) is 4.22. The summed E-state index contributed by atoms with van der Waals surface area (Å²) < 4.78 is 33.5. The van der Waals surface area contributed by atoms with E-state index in [1.54, 1.807) is 28.8 Å². The first kappa shape index (κ1) is 22.1. The first-order valence-corrected chi connectivity index (χ1v) is 12.6. The lowest BCUT2D eigenvalue weighted by molar-refractivity contribution is -0.154. The summed E-state index contributed by atoms with van der Waals surface area (Å²) in [5.41, 5.74) is 1.29. The minimum atomic E-state index is -3.58. The van der Waals surface area contributed by atoms with Crippen LogP contribution in [0.3, 0.4) is 0 Å². The Kier molecular flexibility index (Phi) is 5.55. The Bertz CT molecular complexity index is 1160. The van der Waals surface area contributed by atoms with Crippen LogP contribution in [0.2, 0.25) is 0 Å². The number of hydrogen-bond donors (Lipinski definition) is 0. The summed E-state index contributed by atoms with van der Waals surface area (Å²) in [6.07, 6.45) is 1.20. The second-order valence-electron chi connectivity index (χ2n) is 8.08. The third-order valence-electron chi connectivity index (χ3n) is 5.95. The highest BCUT2D eigenvalue weighted by molar-refractivity contribution is 8.01. The van der Waals surface area contributed by atoms with Crippen LogP contribution in [-0.4, -0.2) is 69.8 Å². The minimum absolute atomic E-state index is 0.00937. The van der Waals surface area contributed by atoms with Gasteiger partial charge in [-0.15, -0.1) is 11.8 Å². The van der Waals surface area contributed by atoms with Crippen molar-refractivity contribution in [3.05, 3.63) is 24.0 Å². The lowest BCUT2D eigenvalue weighted by atomic mass is 10.2. The molecule has 1 amide bonds. The third-order valence-corrected chi connectivity index (χ3v) is 9.27. The number of sulfonamides is 1. The number of nitrogens with zero attached hydrogens (tertiary/aromatic N) is 4. The Hall–Kier alpha value is -2.11. The highest BCUT2D eigenvalue weighted by Crippen LogP contribution is 2.47. The first-order chi connectivity index (χ1) is 14.6. The lowest BCUT2D eigenvalue weighted by Crippen LogP contribution is -2.46. The number of thioether (sulfide) groups is 1. The standard InChI is InChI=1S/C20H26N4O5S2/c1-5-23-15-7-6-13(31(27,28)22(3)4)10-14(15)21-17(23)11-29-19(26)16-12-30-20(2)9-8-18(25)24(16)20/h6-7,10,16H,5,8-9,11-12H2,1-4H3/t16-,20-/m1/s1. The molecule has 0 spiro atoms. The number of carbonyl (C=O) groups excluding carboxylic acids is 2. The van der Waals surface area contributed by atoms with Gasteiger partial charge >= 0.3 is 5.97 Å². The average molecular weight is 467 g/mol. The van der Waals surface area contributed by atoms with Crippen LogP contribution in [0.4, 0.5) is 0 Å². The second kappa shape index (κ2) is 7.79. The summed E-state index contributed by atoms with van der Waals surface area (Å²) in [4.78, 5) is 31.1. The smallest absolute Gasteiger partial charge is 0.330 e. The Labute approximate surface area is 185 Å². The largest absolute Gasteiger partial charge is 0.456 e. The van der Waals surface area contributed by atoms with Crippen molar-refractivity contribution >= 4 is 44.7 Å². The predicted molar refractivity (Wildman–Crippen MR) is 117 cm³/mol. The third kappa shape index (κ3) is 3.62. The summed E-state index contributed by atoms with van der Waals surface area (Å²) in [5, 5.41) is 0. The van der Waals surface area contributed by atoms with Gasteiger partial charge in [0.1, 0.15) is 18.5 Å². The van der Waals surface area contributed by atoms with Gasteiger partial charge in [-0.05, 0) is 38.5 Å². The van der Waals surface area contributed by atoms with Gasteiger partial charge in [0.15, 0.2) is 0 Å². The summed E-state index contributed by atoms with van der Waals surface area (Å²) >= 11 is 1.62. The van der Waals surface area contributed by atoms with Gasteiger partial charge in [-0.3, -0.25) is 4.79 Å². The zero-order valence-corrected chi connectivity index (χ0v) is 19.6. The molecule has 11 heteroatoms. The molecule has 2 atom stereocenters. The molecule has 168 valence electrons. The number of carbonyl (C=O) groups is 2. The molecule has 0 saturated carbocycles. The van der Waals surface area contributed by atoms with E-state index in [1.165, 1.54) is 20.2 Å². The molecule has 2 aliphatic rings. The Morgan fingerprint density at radius 2 is 2.13 bits per heavy atom. The van der Waals surface area contributed by atoms with Crippen LogP contribution in [0.25, 0.3) is 11.0 Å². The van der Waals surface area contributed by atoms with Crippen LogP contribution in [0.5, 0.6) is 0 Å². The molecule has 0 radical (unpaired) electrons. The zero-order valence-electron chi connectivity index (χ0n) is 18.0. The number of aryl methyl sites for hydroxylation is 1. The summed E-state index contributed by atoms with van der Waals surface area (Å²) in [6.45, 7) is 4.48. The fourth-order valence-electron chi connectivity index (χ4n) is 4.22. The van der Waals surface area contributed by atoms with Crippen LogP contribution in [0.1, 0.15) is 32.5 Å². The Morgan fingerprint density at radius 3 is 2.81 bits per heavy atom. The maximum atomic E-state index is 12.8. The normalized spacial score (nSPS) is 23.7. The van der Waals surface area contributed by atoms with Gasteiger partial charge in [-0.25, -0.2) is 22.5 Å². The van der Waals surface area contributed by atoms with Crippen LogP contribution in [-0.2, 0) is 37.5 Å². The molecule has 1 aromatic carbocycles. The summed E-state index contributed by atoms with van der Waals surface area (Å²) in [7, 11) is -0.619. The fourth-order valence-corrected chi connectivity index (χ4v) is 6.56. The lowest BCUT2D eigenvalue weighted by Gasteiger charge is -2.29. The molecule has 2 aliphatic heterocycles. The van der Waals surface area contributed by atoms with Crippen molar-refractivity contribution in [2.75, 3.05) is 19.8 Å². The molecule has 1 aromatic heterocycles. The molecule has 3 heterocycles. The molecule has 0 aliphatic carbocycles. The maximum absolute atomic E-state index is 12.8. The highest BCUT2D eigenvalue weighted by Gasteiger charge is 2.53. The molecule has 2 saturated heterocycles. The molecule has 4 rings (SSSR count). The van der Waals surface area contributed by atoms with Gasteiger partial charge in [-0.2, -0.15) is 0 Å². The number of hydrogen-bond acceptors (Lipinski definition) is 7. The van der Waals surface area contributed by atoms with Gasteiger partial charge in [0.2, 0.25) is 15.9 Å². The van der Waals surface area contributed by atoms with E-state index in [1.807, 2.05) is 18.4 Å². The van der Waals surface area contributed by atoms with Crippen molar-refractivity contribution in [2.45, 2.75) is 55.6 Å². The molecular weight excluding hydrogens is 440 g/mol. The monoisotopic (exact) mass is 466 g/mol. The van der Waals surface area contributed by atoms with Gasteiger partial charge < -0.3 is 14.2 Å². The van der Waals surface area contributed by atoms with Crippen molar-refractivity contribution < 1.29 is 22.7 Å². The van der Waals surface area contributed by atoms with Crippen molar-refractivity contribution in [3.63, 3.8) is 0 Å². The topological polar surface area (TPSA) is 102 Å². The van der Waals surface area contributed by atoms with E-state index in [2.05, 4.69) is 4.98 Å². The van der Waals surface area contributed by atoms with Crippen molar-refractivity contribution in [1.29, 1.82) is 0 Å². The zero-order chi connectivity index (χ0) is 22.6. The minimum Gasteiger partial charge on any atom is -0.456 e. The van der Waals surface area contributed by atoms with Gasteiger partial charge in [0, 0.05) is 32.8 Å². The number of aromatic nitrogens is 2. The number of benzene rings is 1. The van der Waals surface area contributed by atoms with Crippen LogP contribution < -0.4 is 0 Å². The van der Waals surface area contributed by atoms with E-state index in [0.29, 0.717) is 30.1 Å². The number of ether oxygens (including phenoxy) is 1. The fraction of sp³-hybridized carbons (Fsp3) is 0.550. The number of amides is 1. The Morgan fingerprint density at radius 1 is 1.39 bits per heavy atom. The van der Waals surface area contributed by atoms with E-state index in [9.17, 15) is 18.0 Å². The molecule has 2 fully saturated rings. The van der Waals surface area contributed by atoms with Gasteiger partial charge in [0.25, 0.3) is 0 Å². The second-order valence-corrected chi connectivity index (χ2v) is 11.7. The predicted octanol–water partition coefficient (Wildman–Crippen LogP) is 1.80. The number of fused-ring (bicyclic) bond motifs is 2. The van der Waals surface area contributed by atoms with Crippen molar-refractivity contribution in [2.24, 2.45) is 0 Å². The molecule has 2 aromatic rings. The van der Waals surface area contributed by atoms with Crippen LogP contribution >= 0.6 is 11.8 Å². The summed E-state index contributed by atoms with van der Waals surface area (Å²) in [5.74, 6) is 0.616. The average Bonchev–Trinajstić information content (AvgIpc) is 3.35. The number of esters is 1. The van der Waals surface area contributed by atoms with Crippen LogP contribution in [0, 0.1) is 0 Å². The van der Waals surface area contributed by atoms with Crippen LogP contribution in [0.15, 0.2) is 23.1 Å². The first-order valence-electron chi connectivity index (χ1n) is 10.1. The molecule has 0 N–H and O–H groups in total. The molecule has 0 bridgehead atoms. The van der Waals surface area contributed by atoms with E-state index >= 15 is 0 Å². The van der Waals surface area contributed by atoms with Gasteiger partial charge in [0.05, 0.1) is 20.8 Å². The highest BCUT2D eigenvalue weighted by atomic mass is 32.2. The Balaban J connectivity index is 1.56. The van der Waals surface area contributed by atoms with Crippen molar-refractivity contribution in [1.82, 2.24) is 18.8 Å². The van der Waals surface area contributed by atoms with Gasteiger partial charge in [-0.1, -0.05) is 0 Å².